The van der Waals surface area contributed by atoms with Gasteiger partial charge in [-0.05, 0) is 25.0 Å². The average Bonchev–Trinajstić information content (AvgIpc) is 3.24. The van der Waals surface area contributed by atoms with E-state index in [4.69, 9.17) is 11.6 Å². The Kier molecular flexibility index (Phi) is 4.10. The van der Waals surface area contributed by atoms with E-state index in [0.29, 0.717) is 30.9 Å². The number of carbonyl (C=O) groups is 1. The van der Waals surface area contributed by atoms with E-state index < -0.39 is 0 Å². The molecule has 1 heterocycles. The number of amides is 1. The Hall–Kier alpha value is -1.62. The molecule has 6 heteroatoms. The molecule has 2 aromatic rings. The van der Waals surface area contributed by atoms with Crippen LogP contribution in [0.5, 0.6) is 0 Å². The molecule has 1 aliphatic carbocycles. The molecule has 1 fully saturated rings. The zero-order chi connectivity index (χ0) is 14.8. The second-order valence-electron chi connectivity index (χ2n) is 5.32. The lowest BCUT2D eigenvalue weighted by Crippen LogP contribution is -2.28. The van der Waals surface area contributed by atoms with Crippen molar-refractivity contribution in [3.05, 3.63) is 29.8 Å². The summed E-state index contributed by atoms with van der Waals surface area (Å²) in [6.07, 6.45) is 2.61. The first-order chi connectivity index (χ1) is 10.2. The summed E-state index contributed by atoms with van der Waals surface area (Å²) >= 11 is 5.80. The molecule has 21 heavy (non-hydrogen) atoms. The number of fused-ring (bicyclic) bond motifs is 1. The van der Waals surface area contributed by atoms with E-state index in [-0.39, 0.29) is 17.6 Å². The smallest absolute Gasteiger partial charge is 0.223 e. The summed E-state index contributed by atoms with van der Waals surface area (Å²) in [6, 6.07) is 4.57. The van der Waals surface area contributed by atoms with Crippen LogP contribution in [0.4, 0.5) is 4.39 Å². The van der Waals surface area contributed by atoms with Gasteiger partial charge in [-0.2, -0.15) is 0 Å². The molecule has 112 valence electrons. The van der Waals surface area contributed by atoms with Crippen LogP contribution in [0.15, 0.2) is 18.2 Å². The molecule has 1 aromatic carbocycles. The van der Waals surface area contributed by atoms with Crippen LogP contribution < -0.4 is 5.32 Å². The van der Waals surface area contributed by atoms with Crippen LogP contribution in [-0.2, 0) is 17.8 Å². The number of benzene rings is 1. The molecule has 1 aromatic heterocycles. The zero-order valence-electron chi connectivity index (χ0n) is 11.6. The third-order valence-electron chi connectivity index (χ3n) is 3.69. The topological polar surface area (TPSA) is 46.9 Å². The van der Waals surface area contributed by atoms with Crippen LogP contribution in [0, 0.1) is 11.7 Å². The summed E-state index contributed by atoms with van der Waals surface area (Å²) in [5, 5.41) is 2.93. The largest absolute Gasteiger partial charge is 0.354 e. The predicted molar refractivity (Wildman–Crippen MR) is 79.8 cm³/mol. The van der Waals surface area contributed by atoms with E-state index in [1.807, 2.05) is 4.57 Å². The summed E-state index contributed by atoms with van der Waals surface area (Å²) in [7, 11) is 0. The van der Waals surface area contributed by atoms with Crippen molar-refractivity contribution >= 4 is 28.5 Å². The van der Waals surface area contributed by atoms with Crippen LogP contribution in [0.25, 0.3) is 11.0 Å². The fourth-order valence-electron chi connectivity index (χ4n) is 2.46. The van der Waals surface area contributed by atoms with Crippen molar-refractivity contribution in [2.24, 2.45) is 5.92 Å². The molecule has 0 spiro atoms. The van der Waals surface area contributed by atoms with Crippen molar-refractivity contribution in [2.75, 3.05) is 12.4 Å². The van der Waals surface area contributed by atoms with Crippen molar-refractivity contribution in [3.8, 4) is 0 Å². The van der Waals surface area contributed by atoms with Gasteiger partial charge in [0, 0.05) is 37.4 Å². The van der Waals surface area contributed by atoms with Gasteiger partial charge in [-0.15, -0.1) is 11.6 Å². The van der Waals surface area contributed by atoms with Gasteiger partial charge in [0.2, 0.25) is 5.91 Å². The number of hydrogen-bond acceptors (Lipinski definition) is 2. The van der Waals surface area contributed by atoms with Crippen molar-refractivity contribution in [3.63, 3.8) is 0 Å². The standard InChI is InChI=1S/C15H17ClFN3O/c16-6-5-14-19-12-9-11(17)3-4-13(12)20(14)8-7-18-15(21)10-1-2-10/h3-4,9-10H,1-2,5-8H2,(H,18,21). The number of nitrogens with zero attached hydrogens (tertiary/aromatic N) is 2. The monoisotopic (exact) mass is 309 g/mol. The molecule has 1 N–H and O–H groups in total. The Balaban J connectivity index is 1.77. The maximum atomic E-state index is 13.3. The molecule has 3 rings (SSSR count). The number of halogens is 2. The van der Waals surface area contributed by atoms with Gasteiger partial charge in [0.15, 0.2) is 0 Å². The van der Waals surface area contributed by atoms with Crippen molar-refractivity contribution in [1.29, 1.82) is 0 Å². The van der Waals surface area contributed by atoms with E-state index in [2.05, 4.69) is 10.3 Å². The molecule has 1 saturated carbocycles. The summed E-state index contributed by atoms with van der Waals surface area (Å²) in [4.78, 5) is 16.1. The highest BCUT2D eigenvalue weighted by molar-refractivity contribution is 6.17. The number of nitrogens with one attached hydrogen (secondary N) is 1. The zero-order valence-corrected chi connectivity index (χ0v) is 12.4. The lowest BCUT2D eigenvalue weighted by molar-refractivity contribution is -0.122. The fraction of sp³-hybridized carbons (Fsp3) is 0.467. The Morgan fingerprint density at radius 1 is 1.48 bits per heavy atom. The normalized spacial score (nSPS) is 14.6. The number of aryl methyl sites for hydroxylation is 1. The Bertz CT molecular complexity index is 666. The molecule has 4 nitrogen and oxygen atoms in total. The van der Waals surface area contributed by atoms with Crippen LogP contribution in [-0.4, -0.2) is 27.9 Å². The van der Waals surface area contributed by atoms with Gasteiger partial charge in [-0.3, -0.25) is 4.79 Å². The summed E-state index contributed by atoms with van der Waals surface area (Å²) < 4.78 is 15.3. The van der Waals surface area contributed by atoms with Gasteiger partial charge in [-0.1, -0.05) is 0 Å². The molecular formula is C15H17ClFN3O. The van der Waals surface area contributed by atoms with E-state index in [1.165, 1.54) is 12.1 Å². The second-order valence-corrected chi connectivity index (χ2v) is 5.69. The molecule has 0 saturated heterocycles. The molecule has 0 radical (unpaired) electrons. The number of carbonyl (C=O) groups excluding carboxylic acids is 1. The summed E-state index contributed by atoms with van der Waals surface area (Å²) in [5.74, 6) is 1.32. The van der Waals surface area contributed by atoms with E-state index in [1.54, 1.807) is 6.07 Å². The number of rotatable bonds is 6. The number of hydrogen-bond donors (Lipinski definition) is 1. The highest BCUT2D eigenvalue weighted by atomic mass is 35.5. The van der Waals surface area contributed by atoms with E-state index in [9.17, 15) is 9.18 Å². The number of alkyl halides is 1. The van der Waals surface area contributed by atoms with Gasteiger partial charge < -0.3 is 9.88 Å². The minimum absolute atomic E-state index is 0.129. The first kappa shape index (κ1) is 14.3. The highest BCUT2D eigenvalue weighted by Gasteiger charge is 2.29. The first-order valence-electron chi connectivity index (χ1n) is 7.17. The second kappa shape index (κ2) is 6.02. The first-order valence-corrected chi connectivity index (χ1v) is 7.71. The van der Waals surface area contributed by atoms with Gasteiger partial charge in [-0.25, -0.2) is 9.37 Å². The van der Waals surface area contributed by atoms with Crippen LogP contribution >= 0.6 is 11.6 Å². The minimum atomic E-state index is -0.299. The third kappa shape index (κ3) is 3.18. The molecule has 0 bridgehead atoms. The van der Waals surface area contributed by atoms with Crippen molar-refractivity contribution in [2.45, 2.75) is 25.8 Å². The van der Waals surface area contributed by atoms with Crippen LogP contribution in [0.3, 0.4) is 0 Å². The van der Waals surface area contributed by atoms with E-state index in [0.717, 1.165) is 24.2 Å². The Labute approximate surface area is 127 Å². The van der Waals surface area contributed by atoms with Crippen molar-refractivity contribution < 1.29 is 9.18 Å². The van der Waals surface area contributed by atoms with Gasteiger partial charge in [0.05, 0.1) is 11.0 Å². The average molecular weight is 310 g/mol. The molecule has 0 atom stereocenters. The molecule has 1 aliphatic rings. The fourth-order valence-corrected chi connectivity index (χ4v) is 2.63. The lowest BCUT2D eigenvalue weighted by atomic mass is 10.3. The molecule has 1 amide bonds. The molecular weight excluding hydrogens is 293 g/mol. The predicted octanol–water partition coefficient (Wildman–Crippen LogP) is 2.48. The van der Waals surface area contributed by atoms with Gasteiger partial charge >= 0.3 is 0 Å². The summed E-state index contributed by atoms with van der Waals surface area (Å²) in [6.45, 7) is 1.17. The van der Waals surface area contributed by atoms with Gasteiger partial charge in [0.1, 0.15) is 11.6 Å². The van der Waals surface area contributed by atoms with E-state index >= 15 is 0 Å². The molecule has 0 unspecified atom stereocenters. The molecule has 0 aliphatic heterocycles. The number of imidazole rings is 1. The van der Waals surface area contributed by atoms with Crippen LogP contribution in [0.2, 0.25) is 0 Å². The minimum Gasteiger partial charge on any atom is -0.354 e. The SMILES string of the molecule is O=C(NCCn1c(CCCl)nc2cc(F)ccc21)C1CC1. The third-order valence-corrected chi connectivity index (χ3v) is 3.88. The van der Waals surface area contributed by atoms with Crippen molar-refractivity contribution in [1.82, 2.24) is 14.9 Å². The number of aromatic nitrogens is 2. The maximum absolute atomic E-state index is 13.3. The highest BCUT2D eigenvalue weighted by Crippen LogP contribution is 2.28. The summed E-state index contributed by atoms with van der Waals surface area (Å²) in [5.41, 5.74) is 1.50. The van der Waals surface area contributed by atoms with Crippen LogP contribution in [0.1, 0.15) is 18.7 Å². The Morgan fingerprint density at radius 3 is 3.00 bits per heavy atom. The quantitative estimate of drug-likeness (QED) is 0.833. The maximum Gasteiger partial charge on any atom is 0.223 e. The van der Waals surface area contributed by atoms with Gasteiger partial charge in [0.25, 0.3) is 0 Å². The Morgan fingerprint density at radius 2 is 2.29 bits per heavy atom. The lowest BCUT2D eigenvalue weighted by Gasteiger charge is -2.09.